The van der Waals surface area contributed by atoms with Gasteiger partial charge in [0.1, 0.15) is 5.75 Å². The first-order chi connectivity index (χ1) is 5.88. The molecule has 0 unspecified atom stereocenters. The van der Waals surface area contributed by atoms with Gasteiger partial charge in [-0.2, -0.15) is 0 Å². The molecule has 0 aliphatic carbocycles. The Labute approximate surface area is 89.8 Å². The van der Waals surface area contributed by atoms with E-state index in [9.17, 15) is 0 Å². The highest BCUT2D eigenvalue weighted by atomic mass is 35.5. The minimum atomic E-state index is -1.60. The van der Waals surface area contributed by atoms with Crippen molar-refractivity contribution in [1.82, 2.24) is 0 Å². The summed E-state index contributed by atoms with van der Waals surface area (Å²) in [6.07, 6.45) is 0. The first-order valence-corrected chi connectivity index (χ1v) is 8.19. The van der Waals surface area contributed by atoms with E-state index in [0.717, 1.165) is 0 Å². The Morgan fingerprint density at radius 2 is 1.77 bits per heavy atom. The van der Waals surface area contributed by atoms with E-state index in [0.29, 0.717) is 15.8 Å². The van der Waals surface area contributed by atoms with Crippen molar-refractivity contribution in [3.8, 4) is 5.75 Å². The highest BCUT2D eigenvalue weighted by molar-refractivity contribution is 6.70. The van der Waals surface area contributed by atoms with E-state index in [4.69, 9.17) is 27.6 Å². The monoisotopic (exact) mass is 234 g/mol. The van der Waals surface area contributed by atoms with Crippen molar-refractivity contribution >= 4 is 31.5 Å². The summed E-state index contributed by atoms with van der Waals surface area (Å²) in [4.78, 5) is 0. The van der Waals surface area contributed by atoms with Crippen LogP contribution in [0.3, 0.4) is 0 Å². The Bertz CT molecular complexity index is 307. The molecule has 0 amide bonds. The lowest BCUT2D eigenvalue weighted by atomic mass is 10.3. The van der Waals surface area contributed by atoms with Crippen molar-refractivity contribution in [3.05, 3.63) is 28.2 Å². The smallest absolute Gasteiger partial charge is 0.242 e. The zero-order valence-electron chi connectivity index (χ0n) is 7.90. The summed E-state index contributed by atoms with van der Waals surface area (Å²) in [5.41, 5.74) is 0. The number of rotatable bonds is 2. The second-order valence-electron chi connectivity index (χ2n) is 3.79. The van der Waals surface area contributed by atoms with Gasteiger partial charge in [0.2, 0.25) is 8.32 Å². The van der Waals surface area contributed by atoms with Crippen LogP contribution in [0.5, 0.6) is 5.75 Å². The average Bonchev–Trinajstić information content (AvgIpc) is 1.94. The van der Waals surface area contributed by atoms with Gasteiger partial charge >= 0.3 is 0 Å². The predicted octanol–water partition coefficient (Wildman–Crippen LogP) is 4.21. The van der Waals surface area contributed by atoms with Crippen LogP contribution in [0.1, 0.15) is 0 Å². The molecule has 0 spiro atoms. The highest BCUT2D eigenvalue weighted by Crippen LogP contribution is 2.29. The molecule has 13 heavy (non-hydrogen) atoms. The van der Waals surface area contributed by atoms with E-state index in [1.807, 2.05) is 0 Å². The van der Waals surface area contributed by atoms with Gasteiger partial charge in [0.05, 0.1) is 5.02 Å². The molecule has 0 aromatic heterocycles. The first kappa shape index (κ1) is 10.9. The molecule has 1 rings (SSSR count). The zero-order chi connectivity index (χ0) is 10.1. The van der Waals surface area contributed by atoms with E-state index >= 15 is 0 Å². The lowest BCUT2D eigenvalue weighted by Gasteiger charge is -2.20. The van der Waals surface area contributed by atoms with Crippen LogP contribution in [-0.2, 0) is 0 Å². The van der Waals surface area contributed by atoms with Gasteiger partial charge in [0.25, 0.3) is 0 Å². The van der Waals surface area contributed by atoms with E-state index < -0.39 is 8.32 Å². The standard InChI is InChI=1S/C9H12Cl2OSi/c1-13(2,3)12-9-6-7(10)4-5-8(9)11/h4-6H,1-3H3. The normalized spacial score (nSPS) is 11.5. The number of hydrogen-bond donors (Lipinski definition) is 0. The molecule has 72 valence electrons. The molecular formula is C9H12Cl2OSi. The van der Waals surface area contributed by atoms with Crippen molar-refractivity contribution < 1.29 is 4.43 Å². The Morgan fingerprint density at radius 1 is 1.15 bits per heavy atom. The maximum atomic E-state index is 5.94. The van der Waals surface area contributed by atoms with Crippen LogP contribution < -0.4 is 4.43 Å². The van der Waals surface area contributed by atoms with E-state index in [2.05, 4.69) is 19.6 Å². The summed E-state index contributed by atoms with van der Waals surface area (Å²) in [7, 11) is -1.60. The Morgan fingerprint density at radius 3 is 2.31 bits per heavy atom. The van der Waals surface area contributed by atoms with Crippen LogP contribution in [0.15, 0.2) is 18.2 Å². The summed E-state index contributed by atoms with van der Waals surface area (Å²) in [5, 5.41) is 1.27. The lowest BCUT2D eigenvalue weighted by Crippen LogP contribution is -2.29. The van der Waals surface area contributed by atoms with Crippen LogP contribution in [0.25, 0.3) is 0 Å². The zero-order valence-corrected chi connectivity index (χ0v) is 10.4. The molecule has 0 bridgehead atoms. The quantitative estimate of drug-likeness (QED) is 0.698. The van der Waals surface area contributed by atoms with Gasteiger partial charge in [-0.15, -0.1) is 0 Å². The fourth-order valence-electron chi connectivity index (χ4n) is 0.885. The number of halogens is 2. The van der Waals surface area contributed by atoms with E-state index in [1.54, 1.807) is 18.2 Å². The number of hydrogen-bond acceptors (Lipinski definition) is 1. The third kappa shape index (κ3) is 3.59. The maximum Gasteiger partial charge on any atom is 0.242 e. The molecular weight excluding hydrogens is 223 g/mol. The molecule has 0 N–H and O–H groups in total. The van der Waals surface area contributed by atoms with Gasteiger partial charge in [0.15, 0.2) is 0 Å². The minimum absolute atomic E-state index is 0.617. The summed E-state index contributed by atoms with van der Waals surface area (Å²) < 4.78 is 5.74. The largest absolute Gasteiger partial charge is 0.543 e. The molecule has 0 radical (unpaired) electrons. The average molecular weight is 235 g/mol. The predicted molar refractivity (Wildman–Crippen MR) is 60.4 cm³/mol. The number of benzene rings is 1. The fraction of sp³-hybridized carbons (Fsp3) is 0.333. The SMILES string of the molecule is C[Si](C)(C)Oc1cc(Cl)ccc1Cl. The van der Waals surface area contributed by atoms with Gasteiger partial charge in [-0.1, -0.05) is 23.2 Å². The van der Waals surface area contributed by atoms with Gasteiger partial charge < -0.3 is 4.43 Å². The van der Waals surface area contributed by atoms with Gasteiger partial charge in [-0.25, -0.2) is 0 Å². The van der Waals surface area contributed by atoms with E-state index in [-0.39, 0.29) is 0 Å². The first-order valence-electron chi connectivity index (χ1n) is 4.02. The molecule has 0 aliphatic heterocycles. The second kappa shape index (κ2) is 3.90. The van der Waals surface area contributed by atoms with Crippen LogP contribution in [0.2, 0.25) is 29.7 Å². The molecule has 4 heteroatoms. The van der Waals surface area contributed by atoms with Crippen molar-refractivity contribution in [3.63, 3.8) is 0 Å². The van der Waals surface area contributed by atoms with Gasteiger partial charge in [-0.3, -0.25) is 0 Å². The Balaban J connectivity index is 2.94. The summed E-state index contributed by atoms with van der Waals surface area (Å²) in [6.45, 7) is 6.30. The van der Waals surface area contributed by atoms with Gasteiger partial charge in [-0.05, 0) is 37.8 Å². The van der Waals surface area contributed by atoms with Gasteiger partial charge in [0, 0.05) is 5.02 Å². The maximum absolute atomic E-state index is 5.94. The molecule has 0 heterocycles. The topological polar surface area (TPSA) is 9.23 Å². The highest BCUT2D eigenvalue weighted by Gasteiger charge is 2.17. The Hall–Kier alpha value is -0.183. The van der Waals surface area contributed by atoms with E-state index in [1.165, 1.54) is 0 Å². The fourth-order valence-corrected chi connectivity index (χ4v) is 2.10. The third-order valence-corrected chi connectivity index (χ3v) is 2.69. The Kier molecular flexibility index (Phi) is 3.27. The van der Waals surface area contributed by atoms with Crippen LogP contribution >= 0.6 is 23.2 Å². The molecule has 0 saturated carbocycles. The summed E-state index contributed by atoms with van der Waals surface area (Å²) >= 11 is 11.8. The molecule has 0 atom stereocenters. The third-order valence-electron chi connectivity index (χ3n) is 1.31. The van der Waals surface area contributed by atoms with Crippen molar-refractivity contribution in [2.45, 2.75) is 19.6 Å². The van der Waals surface area contributed by atoms with Crippen LogP contribution in [0, 0.1) is 0 Å². The van der Waals surface area contributed by atoms with Crippen molar-refractivity contribution in [1.29, 1.82) is 0 Å². The van der Waals surface area contributed by atoms with Crippen molar-refractivity contribution in [2.75, 3.05) is 0 Å². The molecule has 1 nitrogen and oxygen atoms in total. The van der Waals surface area contributed by atoms with Crippen LogP contribution in [0.4, 0.5) is 0 Å². The summed E-state index contributed by atoms with van der Waals surface area (Å²) in [6, 6.07) is 5.25. The second-order valence-corrected chi connectivity index (χ2v) is 9.06. The molecule has 0 aliphatic rings. The molecule has 1 aromatic rings. The van der Waals surface area contributed by atoms with Crippen LogP contribution in [-0.4, -0.2) is 8.32 Å². The molecule has 0 fully saturated rings. The lowest BCUT2D eigenvalue weighted by molar-refractivity contribution is 0.558. The molecule has 1 aromatic carbocycles. The minimum Gasteiger partial charge on any atom is -0.543 e. The van der Waals surface area contributed by atoms with Crippen molar-refractivity contribution in [2.24, 2.45) is 0 Å². The summed E-state index contributed by atoms with van der Waals surface area (Å²) in [5.74, 6) is 0.688. The molecule has 0 saturated heterocycles.